The van der Waals surface area contributed by atoms with Gasteiger partial charge in [-0.05, 0) is 24.3 Å². The van der Waals surface area contributed by atoms with Crippen LogP contribution in [0.4, 0.5) is 5.82 Å². The van der Waals surface area contributed by atoms with Gasteiger partial charge in [0.2, 0.25) is 0 Å². The zero-order valence-corrected chi connectivity index (χ0v) is 12.0. The fourth-order valence-electron chi connectivity index (χ4n) is 3.09. The summed E-state index contributed by atoms with van der Waals surface area (Å²) in [5.74, 6) is 1.25. The van der Waals surface area contributed by atoms with Gasteiger partial charge in [-0.1, -0.05) is 38.2 Å². The Bertz CT molecular complexity index is 507. The van der Waals surface area contributed by atoms with Crippen LogP contribution in [-0.4, -0.2) is 10.2 Å². The quantitative estimate of drug-likeness (QED) is 0.845. The van der Waals surface area contributed by atoms with E-state index in [0.717, 1.165) is 5.56 Å². The van der Waals surface area contributed by atoms with Crippen LogP contribution in [0.2, 0.25) is 0 Å². The lowest BCUT2D eigenvalue weighted by atomic mass is 9.87. The highest BCUT2D eigenvalue weighted by Gasteiger charge is 2.22. The molecule has 4 heteroatoms. The summed E-state index contributed by atoms with van der Waals surface area (Å²) in [6, 6.07) is 4.21. The lowest BCUT2D eigenvalue weighted by Crippen LogP contribution is -2.04. The molecule has 3 rings (SSSR count). The van der Waals surface area contributed by atoms with Crippen molar-refractivity contribution in [3.05, 3.63) is 23.2 Å². The molecule has 3 nitrogen and oxygen atoms in total. The standard InChI is InChI=1S/C15H21N3S/c16-15-13(12-9-6-10-19-12)14(17-18-15)11-7-4-2-1-3-5-8-11/h6,9-11H,1-5,7-8H2,(H3,16,17,18). The Morgan fingerprint density at radius 1 is 1.16 bits per heavy atom. The van der Waals surface area contributed by atoms with Crippen LogP contribution < -0.4 is 5.73 Å². The van der Waals surface area contributed by atoms with E-state index in [1.54, 1.807) is 11.3 Å². The Kier molecular flexibility index (Phi) is 3.87. The lowest BCUT2D eigenvalue weighted by molar-refractivity contribution is 0.450. The average Bonchev–Trinajstić information content (AvgIpc) is 2.98. The number of nitrogens with one attached hydrogen (secondary N) is 1. The van der Waals surface area contributed by atoms with Gasteiger partial charge in [0.25, 0.3) is 0 Å². The van der Waals surface area contributed by atoms with Gasteiger partial charge in [0.15, 0.2) is 5.82 Å². The summed E-state index contributed by atoms with van der Waals surface area (Å²) in [4.78, 5) is 1.24. The van der Waals surface area contributed by atoms with E-state index in [2.05, 4.69) is 27.7 Å². The second-order valence-electron chi connectivity index (χ2n) is 5.42. The third kappa shape index (κ3) is 2.68. The van der Waals surface area contributed by atoms with Gasteiger partial charge in [-0.2, -0.15) is 5.10 Å². The summed E-state index contributed by atoms with van der Waals surface area (Å²) in [6.07, 6.45) is 9.32. The summed E-state index contributed by atoms with van der Waals surface area (Å²) in [5.41, 5.74) is 8.49. The van der Waals surface area contributed by atoms with Gasteiger partial charge in [-0.15, -0.1) is 11.3 Å². The molecule has 0 atom stereocenters. The monoisotopic (exact) mass is 275 g/mol. The zero-order valence-electron chi connectivity index (χ0n) is 11.2. The van der Waals surface area contributed by atoms with Gasteiger partial charge in [-0.25, -0.2) is 0 Å². The Hall–Kier alpha value is -1.29. The summed E-state index contributed by atoms with van der Waals surface area (Å²) < 4.78 is 0. The van der Waals surface area contributed by atoms with Gasteiger partial charge in [0.05, 0.1) is 5.56 Å². The van der Waals surface area contributed by atoms with Gasteiger partial charge in [0.1, 0.15) is 0 Å². The van der Waals surface area contributed by atoms with Crippen LogP contribution in [0.3, 0.4) is 0 Å². The van der Waals surface area contributed by atoms with E-state index in [4.69, 9.17) is 5.73 Å². The van der Waals surface area contributed by atoms with Crippen molar-refractivity contribution in [3.63, 3.8) is 0 Å². The molecule has 1 aliphatic rings. The molecule has 2 aromatic rings. The molecule has 0 aliphatic heterocycles. The number of nitrogen functional groups attached to an aromatic ring is 1. The fraction of sp³-hybridized carbons (Fsp3) is 0.533. The van der Waals surface area contributed by atoms with Crippen LogP contribution in [0.25, 0.3) is 10.4 Å². The third-order valence-corrected chi connectivity index (χ3v) is 4.99. The molecule has 2 aromatic heterocycles. The van der Waals surface area contributed by atoms with Crippen molar-refractivity contribution in [1.82, 2.24) is 10.2 Å². The van der Waals surface area contributed by atoms with Crippen molar-refractivity contribution in [3.8, 4) is 10.4 Å². The van der Waals surface area contributed by atoms with E-state index in [1.807, 2.05) is 0 Å². The topological polar surface area (TPSA) is 54.7 Å². The van der Waals surface area contributed by atoms with Gasteiger partial charge in [0, 0.05) is 16.5 Å². The molecule has 0 saturated heterocycles. The number of nitrogens with two attached hydrogens (primary N) is 1. The maximum Gasteiger partial charge on any atom is 0.154 e. The minimum Gasteiger partial charge on any atom is -0.382 e. The normalized spacial score (nSPS) is 18.1. The highest BCUT2D eigenvalue weighted by atomic mass is 32.1. The highest BCUT2D eigenvalue weighted by molar-refractivity contribution is 7.13. The van der Waals surface area contributed by atoms with Crippen LogP contribution >= 0.6 is 11.3 Å². The van der Waals surface area contributed by atoms with Gasteiger partial charge < -0.3 is 5.73 Å². The van der Waals surface area contributed by atoms with Crippen molar-refractivity contribution in [2.24, 2.45) is 0 Å². The van der Waals surface area contributed by atoms with Crippen LogP contribution in [0.1, 0.15) is 56.6 Å². The van der Waals surface area contributed by atoms with Crippen molar-refractivity contribution < 1.29 is 0 Å². The second-order valence-corrected chi connectivity index (χ2v) is 6.36. The molecule has 0 unspecified atom stereocenters. The SMILES string of the molecule is Nc1n[nH]c(C2CCCCCCC2)c1-c1cccs1. The van der Waals surface area contributed by atoms with E-state index >= 15 is 0 Å². The Labute approximate surface area is 118 Å². The molecule has 0 bridgehead atoms. The first kappa shape index (κ1) is 12.7. The predicted octanol–water partition coefficient (Wildman–Crippen LogP) is 4.55. The molecule has 0 amide bonds. The zero-order chi connectivity index (χ0) is 13.1. The first-order valence-corrected chi connectivity index (χ1v) is 8.12. The number of hydrogen-bond donors (Lipinski definition) is 2. The fourth-order valence-corrected chi connectivity index (χ4v) is 3.88. The number of H-pyrrole nitrogens is 1. The highest BCUT2D eigenvalue weighted by Crippen LogP contribution is 2.39. The van der Waals surface area contributed by atoms with Gasteiger partial charge >= 0.3 is 0 Å². The minimum absolute atomic E-state index is 0.599. The average molecular weight is 275 g/mol. The van der Waals surface area contributed by atoms with Crippen molar-refractivity contribution in [2.75, 3.05) is 5.73 Å². The molecule has 0 spiro atoms. The molecule has 0 radical (unpaired) electrons. The first-order chi connectivity index (χ1) is 9.36. The van der Waals surface area contributed by atoms with Crippen molar-refractivity contribution >= 4 is 17.2 Å². The number of hydrogen-bond acceptors (Lipinski definition) is 3. The van der Waals surface area contributed by atoms with E-state index in [-0.39, 0.29) is 0 Å². The van der Waals surface area contributed by atoms with Crippen molar-refractivity contribution in [1.29, 1.82) is 0 Å². The van der Waals surface area contributed by atoms with Gasteiger partial charge in [-0.3, -0.25) is 5.10 Å². The number of rotatable bonds is 2. The number of nitrogens with zero attached hydrogens (tertiary/aromatic N) is 1. The maximum absolute atomic E-state index is 6.07. The summed E-state index contributed by atoms with van der Waals surface area (Å²) >= 11 is 1.74. The predicted molar refractivity (Wildman–Crippen MR) is 81.4 cm³/mol. The van der Waals surface area contributed by atoms with E-state index < -0.39 is 0 Å². The molecule has 0 aromatic carbocycles. The number of anilines is 1. The number of aromatic amines is 1. The molecule has 1 aliphatic carbocycles. The van der Waals surface area contributed by atoms with Crippen molar-refractivity contribution in [2.45, 2.75) is 50.9 Å². The Morgan fingerprint density at radius 3 is 2.58 bits per heavy atom. The van der Waals surface area contributed by atoms with Crippen LogP contribution in [-0.2, 0) is 0 Å². The lowest BCUT2D eigenvalue weighted by Gasteiger charge is -2.19. The Morgan fingerprint density at radius 2 is 1.89 bits per heavy atom. The smallest absolute Gasteiger partial charge is 0.154 e. The molecule has 1 saturated carbocycles. The maximum atomic E-state index is 6.07. The molecule has 2 heterocycles. The third-order valence-electron chi connectivity index (χ3n) is 4.10. The molecule has 102 valence electrons. The van der Waals surface area contributed by atoms with E-state index in [9.17, 15) is 0 Å². The summed E-state index contributed by atoms with van der Waals surface area (Å²) in [5, 5.41) is 9.57. The van der Waals surface area contributed by atoms with Crippen LogP contribution in [0, 0.1) is 0 Å². The second kappa shape index (κ2) is 5.78. The van der Waals surface area contributed by atoms with Crippen LogP contribution in [0.5, 0.6) is 0 Å². The molecule has 1 fully saturated rings. The summed E-state index contributed by atoms with van der Waals surface area (Å²) in [7, 11) is 0. The molecular formula is C15H21N3S. The number of thiophene rings is 1. The minimum atomic E-state index is 0.599. The molecular weight excluding hydrogens is 254 g/mol. The first-order valence-electron chi connectivity index (χ1n) is 7.24. The Balaban J connectivity index is 1.91. The number of aromatic nitrogens is 2. The molecule has 3 N–H and O–H groups in total. The summed E-state index contributed by atoms with van der Waals surface area (Å²) in [6.45, 7) is 0. The molecule has 19 heavy (non-hydrogen) atoms. The van der Waals surface area contributed by atoms with E-state index in [0.29, 0.717) is 11.7 Å². The largest absolute Gasteiger partial charge is 0.382 e. The van der Waals surface area contributed by atoms with Crippen LogP contribution in [0.15, 0.2) is 17.5 Å². The van der Waals surface area contributed by atoms with E-state index in [1.165, 1.54) is 55.5 Å².